The van der Waals surface area contributed by atoms with Crippen LogP contribution in [-0.4, -0.2) is 50.6 Å². The molecule has 142 valence electrons. The molecule has 0 aromatic heterocycles. The SMILES string of the molecule is COCCN1C(=O)CC[C@@H](C(=O)NCC2CC2)[C@@H]1c1cccc(OC)c1. The van der Waals surface area contributed by atoms with E-state index in [9.17, 15) is 9.59 Å². The summed E-state index contributed by atoms with van der Waals surface area (Å²) in [7, 11) is 3.24. The van der Waals surface area contributed by atoms with Crippen molar-refractivity contribution in [3.8, 4) is 5.75 Å². The normalized spacial score (nSPS) is 23.0. The molecular formula is C20H28N2O4. The van der Waals surface area contributed by atoms with Crippen molar-refractivity contribution in [3.05, 3.63) is 29.8 Å². The monoisotopic (exact) mass is 360 g/mol. The van der Waals surface area contributed by atoms with Gasteiger partial charge in [0.1, 0.15) is 5.75 Å². The minimum absolute atomic E-state index is 0.0413. The summed E-state index contributed by atoms with van der Waals surface area (Å²) < 4.78 is 10.5. The van der Waals surface area contributed by atoms with E-state index in [1.54, 1.807) is 19.1 Å². The number of carbonyl (C=O) groups is 2. The van der Waals surface area contributed by atoms with Gasteiger partial charge in [-0.3, -0.25) is 9.59 Å². The molecule has 1 aliphatic carbocycles. The highest BCUT2D eigenvalue weighted by Gasteiger charge is 2.40. The van der Waals surface area contributed by atoms with Gasteiger partial charge in [0.15, 0.2) is 0 Å². The van der Waals surface area contributed by atoms with Crippen LogP contribution >= 0.6 is 0 Å². The van der Waals surface area contributed by atoms with Crippen LogP contribution in [0.5, 0.6) is 5.75 Å². The van der Waals surface area contributed by atoms with Gasteiger partial charge in [-0.25, -0.2) is 0 Å². The molecule has 1 N–H and O–H groups in total. The van der Waals surface area contributed by atoms with Crippen LogP contribution in [0.25, 0.3) is 0 Å². The zero-order valence-corrected chi connectivity index (χ0v) is 15.6. The predicted molar refractivity (Wildman–Crippen MR) is 97.8 cm³/mol. The summed E-state index contributed by atoms with van der Waals surface area (Å²) in [5, 5.41) is 3.09. The molecule has 0 spiro atoms. The van der Waals surface area contributed by atoms with Crippen molar-refractivity contribution < 1.29 is 19.1 Å². The summed E-state index contributed by atoms with van der Waals surface area (Å²) in [5.74, 6) is 1.21. The number of nitrogens with one attached hydrogen (secondary N) is 1. The molecular weight excluding hydrogens is 332 g/mol. The van der Waals surface area contributed by atoms with Gasteiger partial charge in [0.2, 0.25) is 11.8 Å². The number of amides is 2. The summed E-state index contributed by atoms with van der Waals surface area (Å²) in [5.41, 5.74) is 0.931. The molecule has 6 nitrogen and oxygen atoms in total. The Morgan fingerprint density at radius 2 is 2.08 bits per heavy atom. The van der Waals surface area contributed by atoms with E-state index in [-0.39, 0.29) is 23.8 Å². The molecule has 1 heterocycles. The van der Waals surface area contributed by atoms with Crippen LogP contribution in [-0.2, 0) is 14.3 Å². The first-order chi connectivity index (χ1) is 12.6. The topological polar surface area (TPSA) is 67.9 Å². The lowest BCUT2D eigenvalue weighted by Crippen LogP contribution is -2.49. The third-order valence-corrected chi connectivity index (χ3v) is 5.28. The highest BCUT2D eigenvalue weighted by molar-refractivity contribution is 5.85. The molecule has 2 fully saturated rings. The number of hydrogen-bond acceptors (Lipinski definition) is 4. The molecule has 0 radical (unpaired) electrons. The fraction of sp³-hybridized carbons (Fsp3) is 0.600. The highest BCUT2D eigenvalue weighted by atomic mass is 16.5. The quantitative estimate of drug-likeness (QED) is 0.771. The Hall–Kier alpha value is -2.08. The van der Waals surface area contributed by atoms with Crippen molar-refractivity contribution in [3.63, 3.8) is 0 Å². The van der Waals surface area contributed by atoms with E-state index in [2.05, 4.69) is 5.32 Å². The van der Waals surface area contributed by atoms with Crippen molar-refractivity contribution in [2.24, 2.45) is 11.8 Å². The van der Waals surface area contributed by atoms with Crippen LogP contribution in [0, 0.1) is 11.8 Å². The summed E-state index contributed by atoms with van der Waals surface area (Å²) in [6.45, 7) is 1.67. The van der Waals surface area contributed by atoms with E-state index >= 15 is 0 Å². The van der Waals surface area contributed by atoms with Crippen LogP contribution in [0.3, 0.4) is 0 Å². The van der Waals surface area contributed by atoms with E-state index in [4.69, 9.17) is 9.47 Å². The number of piperidine rings is 1. The number of likely N-dealkylation sites (tertiary alicyclic amines) is 1. The highest BCUT2D eigenvalue weighted by Crippen LogP contribution is 2.38. The molecule has 1 aromatic carbocycles. The van der Waals surface area contributed by atoms with Crippen molar-refractivity contribution in [2.75, 3.05) is 33.9 Å². The molecule has 0 unspecified atom stereocenters. The van der Waals surface area contributed by atoms with Gasteiger partial charge in [-0.15, -0.1) is 0 Å². The first-order valence-electron chi connectivity index (χ1n) is 9.34. The summed E-state index contributed by atoms with van der Waals surface area (Å²) in [6, 6.07) is 7.37. The van der Waals surface area contributed by atoms with E-state index in [1.807, 2.05) is 24.3 Å². The van der Waals surface area contributed by atoms with E-state index in [1.165, 1.54) is 12.8 Å². The van der Waals surface area contributed by atoms with Gasteiger partial charge in [-0.1, -0.05) is 12.1 Å². The molecule has 2 amide bonds. The molecule has 0 bridgehead atoms. The third kappa shape index (κ3) is 4.36. The smallest absolute Gasteiger partial charge is 0.225 e. The van der Waals surface area contributed by atoms with Crippen molar-refractivity contribution in [1.29, 1.82) is 0 Å². The number of nitrogens with zero attached hydrogens (tertiary/aromatic N) is 1. The number of rotatable bonds is 8. The van der Waals surface area contributed by atoms with Gasteiger partial charge in [0.05, 0.1) is 25.7 Å². The Kier molecular flexibility index (Phi) is 6.14. The Balaban J connectivity index is 1.86. The fourth-order valence-corrected chi connectivity index (χ4v) is 3.62. The lowest BCUT2D eigenvalue weighted by molar-refractivity contribution is -0.144. The van der Waals surface area contributed by atoms with E-state index in [0.717, 1.165) is 17.9 Å². The van der Waals surface area contributed by atoms with Gasteiger partial charge in [0, 0.05) is 26.6 Å². The summed E-state index contributed by atoms with van der Waals surface area (Å²) >= 11 is 0. The molecule has 2 aliphatic rings. The average Bonchev–Trinajstić information content (AvgIpc) is 3.49. The molecule has 1 aromatic rings. The molecule has 6 heteroatoms. The minimum atomic E-state index is -0.291. The zero-order chi connectivity index (χ0) is 18.5. The van der Waals surface area contributed by atoms with E-state index < -0.39 is 0 Å². The Bertz CT molecular complexity index is 644. The zero-order valence-electron chi connectivity index (χ0n) is 15.6. The fourth-order valence-electron chi connectivity index (χ4n) is 3.62. The maximum absolute atomic E-state index is 12.9. The van der Waals surface area contributed by atoms with Crippen molar-refractivity contribution in [2.45, 2.75) is 31.7 Å². The Morgan fingerprint density at radius 3 is 2.77 bits per heavy atom. The Morgan fingerprint density at radius 1 is 1.27 bits per heavy atom. The number of benzene rings is 1. The van der Waals surface area contributed by atoms with E-state index in [0.29, 0.717) is 31.9 Å². The van der Waals surface area contributed by atoms with Gasteiger partial charge in [-0.05, 0) is 42.9 Å². The second-order valence-electron chi connectivity index (χ2n) is 7.14. The van der Waals surface area contributed by atoms with Gasteiger partial charge in [-0.2, -0.15) is 0 Å². The molecule has 26 heavy (non-hydrogen) atoms. The number of ether oxygens (including phenoxy) is 2. The largest absolute Gasteiger partial charge is 0.497 e. The first-order valence-corrected chi connectivity index (χ1v) is 9.34. The van der Waals surface area contributed by atoms with Gasteiger partial charge >= 0.3 is 0 Å². The molecule has 1 saturated heterocycles. The molecule has 1 aliphatic heterocycles. The van der Waals surface area contributed by atoms with Crippen molar-refractivity contribution in [1.82, 2.24) is 10.2 Å². The second kappa shape index (κ2) is 8.54. The standard InChI is InChI=1S/C20H28N2O4/c1-25-11-10-22-18(23)9-8-17(20(24)21-13-14-6-7-14)19(22)15-4-3-5-16(12-15)26-2/h3-5,12,14,17,19H,6-11,13H2,1-2H3,(H,21,24)/t17-,19+/m1/s1. The van der Waals surface area contributed by atoms with Gasteiger partial charge < -0.3 is 19.7 Å². The first kappa shape index (κ1) is 18.7. The van der Waals surface area contributed by atoms with Crippen LogP contribution in [0.1, 0.15) is 37.3 Å². The maximum Gasteiger partial charge on any atom is 0.225 e. The second-order valence-corrected chi connectivity index (χ2v) is 7.14. The average molecular weight is 360 g/mol. The predicted octanol–water partition coefficient (Wildman–Crippen LogP) is 2.15. The lowest BCUT2D eigenvalue weighted by Gasteiger charge is -2.41. The third-order valence-electron chi connectivity index (χ3n) is 5.28. The van der Waals surface area contributed by atoms with Crippen LogP contribution in [0.4, 0.5) is 0 Å². The number of hydrogen-bond donors (Lipinski definition) is 1. The lowest BCUT2D eigenvalue weighted by atomic mass is 9.83. The summed E-state index contributed by atoms with van der Waals surface area (Å²) in [4.78, 5) is 27.3. The number of methoxy groups -OCH3 is 2. The molecule has 2 atom stereocenters. The minimum Gasteiger partial charge on any atom is -0.497 e. The van der Waals surface area contributed by atoms with Crippen molar-refractivity contribution >= 4 is 11.8 Å². The maximum atomic E-state index is 12.9. The van der Waals surface area contributed by atoms with Crippen LogP contribution in [0.2, 0.25) is 0 Å². The molecule has 1 saturated carbocycles. The summed E-state index contributed by atoms with van der Waals surface area (Å²) in [6.07, 6.45) is 3.36. The number of carbonyl (C=O) groups excluding carboxylic acids is 2. The Labute approximate surface area is 154 Å². The van der Waals surface area contributed by atoms with Crippen LogP contribution in [0.15, 0.2) is 24.3 Å². The van der Waals surface area contributed by atoms with Gasteiger partial charge in [0.25, 0.3) is 0 Å². The van der Waals surface area contributed by atoms with Crippen LogP contribution < -0.4 is 10.1 Å². The molecule has 3 rings (SSSR count).